The fourth-order valence-electron chi connectivity index (χ4n) is 4.07. The van der Waals surface area contributed by atoms with Gasteiger partial charge in [-0.15, -0.1) is 0 Å². The van der Waals surface area contributed by atoms with Gasteiger partial charge in [-0.1, -0.05) is 18.5 Å². The van der Waals surface area contributed by atoms with Crippen molar-refractivity contribution in [2.45, 2.75) is 57.2 Å². The molecule has 2 unspecified atom stereocenters. The zero-order valence-corrected chi connectivity index (χ0v) is 13.7. The van der Waals surface area contributed by atoms with Gasteiger partial charge in [0.2, 0.25) is 0 Å². The predicted octanol–water partition coefficient (Wildman–Crippen LogP) is 3.85. The summed E-state index contributed by atoms with van der Waals surface area (Å²) in [6.45, 7) is 3.27. The molecule has 3 rings (SSSR count). The van der Waals surface area contributed by atoms with Gasteiger partial charge < -0.3 is 15.0 Å². The van der Waals surface area contributed by atoms with E-state index in [4.69, 9.17) is 16.3 Å². The average molecular weight is 309 g/mol. The van der Waals surface area contributed by atoms with Crippen LogP contribution in [0.3, 0.4) is 0 Å². The molecule has 4 heteroatoms. The molecule has 116 valence electrons. The van der Waals surface area contributed by atoms with Crippen LogP contribution < -0.4 is 15.0 Å². The fourth-order valence-corrected chi connectivity index (χ4v) is 4.26. The van der Waals surface area contributed by atoms with Crippen LogP contribution in [-0.4, -0.2) is 31.8 Å². The lowest BCUT2D eigenvalue weighted by Crippen LogP contribution is -2.56. The number of piperidine rings is 2. The monoisotopic (exact) mass is 308 g/mol. The highest BCUT2D eigenvalue weighted by atomic mass is 35.5. The summed E-state index contributed by atoms with van der Waals surface area (Å²) in [5.74, 6) is 0.779. The molecule has 0 saturated carbocycles. The molecule has 0 amide bonds. The quantitative estimate of drug-likeness (QED) is 0.914. The molecule has 0 spiro atoms. The zero-order chi connectivity index (χ0) is 14.8. The predicted molar refractivity (Wildman–Crippen MR) is 88.6 cm³/mol. The van der Waals surface area contributed by atoms with E-state index in [-0.39, 0.29) is 0 Å². The molecule has 2 fully saturated rings. The van der Waals surface area contributed by atoms with Crippen molar-refractivity contribution in [2.24, 2.45) is 0 Å². The number of benzene rings is 1. The highest BCUT2D eigenvalue weighted by molar-refractivity contribution is 6.32. The lowest BCUT2D eigenvalue weighted by molar-refractivity contribution is 0.247. The molecule has 0 aromatic heterocycles. The summed E-state index contributed by atoms with van der Waals surface area (Å²) in [7, 11) is 1.68. The molecule has 2 atom stereocenters. The summed E-state index contributed by atoms with van der Waals surface area (Å²) < 4.78 is 5.39. The Morgan fingerprint density at radius 2 is 2.00 bits per heavy atom. The molecule has 0 aliphatic carbocycles. The van der Waals surface area contributed by atoms with E-state index in [1.165, 1.54) is 37.8 Å². The lowest BCUT2D eigenvalue weighted by atomic mass is 9.81. The number of ether oxygens (including phenoxy) is 1. The van der Waals surface area contributed by atoms with Gasteiger partial charge in [0.1, 0.15) is 5.75 Å². The van der Waals surface area contributed by atoms with Crippen LogP contribution in [0.4, 0.5) is 5.69 Å². The molecule has 0 radical (unpaired) electrons. The van der Waals surface area contributed by atoms with Crippen LogP contribution in [0.1, 0.15) is 39.0 Å². The first-order valence-corrected chi connectivity index (χ1v) is 8.46. The number of hydrogen-bond acceptors (Lipinski definition) is 3. The Labute approximate surface area is 132 Å². The van der Waals surface area contributed by atoms with Gasteiger partial charge in [0, 0.05) is 29.9 Å². The second-order valence-electron chi connectivity index (χ2n) is 6.19. The Bertz CT molecular complexity index is 480. The smallest absolute Gasteiger partial charge is 0.139 e. The molecule has 2 aliphatic rings. The van der Waals surface area contributed by atoms with Crippen molar-refractivity contribution < 1.29 is 4.74 Å². The van der Waals surface area contributed by atoms with Crippen molar-refractivity contribution >= 4 is 17.3 Å². The van der Waals surface area contributed by atoms with Gasteiger partial charge in [0.25, 0.3) is 0 Å². The van der Waals surface area contributed by atoms with Crippen molar-refractivity contribution in [2.75, 3.05) is 18.6 Å². The van der Waals surface area contributed by atoms with E-state index in [2.05, 4.69) is 29.3 Å². The second kappa shape index (κ2) is 6.45. The summed E-state index contributed by atoms with van der Waals surface area (Å²) in [6.07, 6.45) is 6.44. The minimum Gasteiger partial charge on any atom is -0.495 e. The third kappa shape index (κ3) is 3.00. The SMILES string of the molecule is CCNC1CC2CCCC(C1)N2c1ccc(Cl)c(OC)c1. The maximum absolute atomic E-state index is 6.17. The number of hydrogen-bond donors (Lipinski definition) is 1. The zero-order valence-electron chi connectivity index (χ0n) is 12.9. The fraction of sp³-hybridized carbons (Fsp3) is 0.647. The standard InChI is InChI=1S/C17H25ClN2O/c1-3-19-12-9-13-5-4-6-14(10-12)20(13)15-7-8-16(18)17(11-15)21-2/h7-8,11-14,19H,3-6,9-10H2,1-2H3. The molecule has 1 aromatic rings. The van der Waals surface area contributed by atoms with E-state index in [1.54, 1.807) is 7.11 Å². The summed E-state index contributed by atoms with van der Waals surface area (Å²) in [5, 5.41) is 4.33. The van der Waals surface area contributed by atoms with Crippen molar-refractivity contribution in [3.63, 3.8) is 0 Å². The van der Waals surface area contributed by atoms with Crippen LogP contribution in [0, 0.1) is 0 Å². The molecule has 2 heterocycles. The number of halogens is 1. The van der Waals surface area contributed by atoms with E-state index >= 15 is 0 Å². The molecule has 3 nitrogen and oxygen atoms in total. The number of anilines is 1. The van der Waals surface area contributed by atoms with Crippen molar-refractivity contribution in [3.05, 3.63) is 23.2 Å². The van der Waals surface area contributed by atoms with Gasteiger partial charge in [-0.25, -0.2) is 0 Å². The Kier molecular flexibility index (Phi) is 4.60. The number of rotatable bonds is 4. The number of nitrogens with zero attached hydrogens (tertiary/aromatic N) is 1. The topological polar surface area (TPSA) is 24.5 Å². The van der Waals surface area contributed by atoms with Crippen LogP contribution in [0.25, 0.3) is 0 Å². The summed E-state index contributed by atoms with van der Waals surface area (Å²) in [4.78, 5) is 2.62. The van der Waals surface area contributed by atoms with Crippen LogP contribution in [0.15, 0.2) is 18.2 Å². The minimum absolute atomic E-state index is 0.646. The van der Waals surface area contributed by atoms with Crippen LogP contribution in [-0.2, 0) is 0 Å². The van der Waals surface area contributed by atoms with Gasteiger partial charge >= 0.3 is 0 Å². The highest BCUT2D eigenvalue weighted by Gasteiger charge is 2.38. The Morgan fingerprint density at radius 3 is 2.62 bits per heavy atom. The van der Waals surface area contributed by atoms with Gasteiger partial charge in [0.05, 0.1) is 12.1 Å². The van der Waals surface area contributed by atoms with Gasteiger partial charge in [-0.05, 0) is 50.8 Å². The summed E-state index contributed by atoms with van der Waals surface area (Å²) in [5.41, 5.74) is 1.26. The Hall–Kier alpha value is -0.930. The molecular formula is C17H25ClN2O. The van der Waals surface area contributed by atoms with E-state index in [1.807, 2.05) is 6.07 Å². The highest BCUT2D eigenvalue weighted by Crippen LogP contribution is 2.40. The van der Waals surface area contributed by atoms with Crippen molar-refractivity contribution in [1.29, 1.82) is 0 Å². The van der Waals surface area contributed by atoms with E-state index in [0.29, 0.717) is 23.1 Å². The van der Waals surface area contributed by atoms with E-state index in [9.17, 15) is 0 Å². The summed E-state index contributed by atoms with van der Waals surface area (Å²) in [6, 6.07) is 8.17. The van der Waals surface area contributed by atoms with Crippen molar-refractivity contribution in [3.8, 4) is 5.75 Å². The third-order valence-corrected chi connectivity index (χ3v) is 5.21. The van der Waals surface area contributed by atoms with Crippen LogP contribution in [0.5, 0.6) is 5.75 Å². The molecule has 1 aromatic carbocycles. The normalized spacial score (nSPS) is 28.5. The molecule has 1 N–H and O–H groups in total. The number of fused-ring (bicyclic) bond motifs is 2. The minimum atomic E-state index is 0.646. The van der Waals surface area contributed by atoms with Gasteiger partial charge in [-0.2, -0.15) is 0 Å². The average Bonchev–Trinajstić information content (AvgIpc) is 2.47. The van der Waals surface area contributed by atoms with E-state index < -0.39 is 0 Å². The molecule has 2 saturated heterocycles. The maximum Gasteiger partial charge on any atom is 0.139 e. The summed E-state index contributed by atoms with van der Waals surface area (Å²) >= 11 is 6.17. The molecule has 21 heavy (non-hydrogen) atoms. The first-order chi connectivity index (χ1) is 10.2. The van der Waals surface area contributed by atoms with E-state index in [0.717, 1.165) is 12.3 Å². The number of nitrogens with one attached hydrogen (secondary N) is 1. The number of methoxy groups -OCH3 is 1. The van der Waals surface area contributed by atoms with Crippen molar-refractivity contribution in [1.82, 2.24) is 5.32 Å². The second-order valence-corrected chi connectivity index (χ2v) is 6.60. The van der Waals surface area contributed by atoms with Crippen LogP contribution >= 0.6 is 11.6 Å². The van der Waals surface area contributed by atoms with Gasteiger partial charge in [-0.3, -0.25) is 0 Å². The molecule has 2 aliphatic heterocycles. The maximum atomic E-state index is 6.17. The largest absolute Gasteiger partial charge is 0.495 e. The third-order valence-electron chi connectivity index (χ3n) is 4.90. The molecule has 2 bridgehead atoms. The lowest BCUT2D eigenvalue weighted by Gasteiger charge is -2.50. The van der Waals surface area contributed by atoms with Crippen LogP contribution in [0.2, 0.25) is 5.02 Å². The Balaban J connectivity index is 1.85. The molecular weight excluding hydrogens is 284 g/mol. The first-order valence-electron chi connectivity index (χ1n) is 8.08. The van der Waals surface area contributed by atoms with Gasteiger partial charge in [0.15, 0.2) is 0 Å². The first kappa shape index (κ1) is 15.0. The Morgan fingerprint density at radius 1 is 1.29 bits per heavy atom.